The number of fused-ring (bicyclic) bond motifs is 3. The molecule has 0 fully saturated rings. The zero-order valence-corrected chi connectivity index (χ0v) is 18.3. The monoisotopic (exact) mass is 447 g/mol. The van der Waals surface area contributed by atoms with E-state index in [2.05, 4.69) is 10.2 Å². The van der Waals surface area contributed by atoms with Gasteiger partial charge in [-0.2, -0.15) is 5.26 Å². The van der Waals surface area contributed by atoms with E-state index in [-0.39, 0.29) is 11.3 Å². The van der Waals surface area contributed by atoms with Gasteiger partial charge in [-0.05, 0) is 67.3 Å². The summed E-state index contributed by atoms with van der Waals surface area (Å²) in [6.07, 6.45) is 4.13. The number of ether oxygens (including phenoxy) is 1. The molecule has 154 valence electrons. The molecule has 0 atom stereocenters. The van der Waals surface area contributed by atoms with Gasteiger partial charge in [0.25, 0.3) is 5.56 Å². The summed E-state index contributed by atoms with van der Waals surface area (Å²) in [5.74, 6) is 0.586. The second-order valence-electron chi connectivity index (χ2n) is 7.07. The van der Waals surface area contributed by atoms with Crippen molar-refractivity contribution in [1.82, 2.24) is 19.7 Å². The Morgan fingerprint density at radius 1 is 1.16 bits per heavy atom. The lowest BCUT2D eigenvalue weighted by Crippen LogP contribution is -2.22. The Balaban J connectivity index is 1.76. The van der Waals surface area contributed by atoms with Crippen LogP contribution in [0.25, 0.3) is 15.9 Å². The van der Waals surface area contributed by atoms with E-state index in [9.17, 15) is 4.79 Å². The number of nitriles is 1. The predicted octanol–water partition coefficient (Wildman–Crippen LogP) is 4.15. The van der Waals surface area contributed by atoms with Gasteiger partial charge < -0.3 is 4.74 Å². The van der Waals surface area contributed by atoms with Crippen LogP contribution in [-0.2, 0) is 12.8 Å². The van der Waals surface area contributed by atoms with Crippen molar-refractivity contribution in [2.24, 2.45) is 0 Å². The van der Waals surface area contributed by atoms with Crippen molar-refractivity contribution in [3.05, 3.63) is 62.9 Å². The summed E-state index contributed by atoms with van der Waals surface area (Å²) in [7, 11) is 1.58. The molecule has 9 heteroatoms. The van der Waals surface area contributed by atoms with E-state index in [1.807, 2.05) is 30.3 Å². The second-order valence-corrected chi connectivity index (χ2v) is 9.14. The number of para-hydroxylation sites is 2. The Kier molecular flexibility index (Phi) is 5.18. The molecule has 0 bridgehead atoms. The van der Waals surface area contributed by atoms with Crippen LogP contribution in [0.2, 0.25) is 0 Å². The SMILES string of the molecule is COc1ccccc1-n1c(Sc2ccc(C#N)nn2)nc2sc3c(c2c1=O)CCCC3. The molecule has 7 nitrogen and oxygen atoms in total. The van der Waals surface area contributed by atoms with Crippen LogP contribution in [0.1, 0.15) is 29.0 Å². The van der Waals surface area contributed by atoms with Crippen LogP contribution in [0.4, 0.5) is 0 Å². The number of hydrogen-bond donors (Lipinski definition) is 0. The third-order valence-electron chi connectivity index (χ3n) is 5.23. The van der Waals surface area contributed by atoms with E-state index in [1.54, 1.807) is 35.1 Å². The lowest BCUT2D eigenvalue weighted by atomic mass is 9.97. The minimum absolute atomic E-state index is 0.0991. The van der Waals surface area contributed by atoms with E-state index in [0.717, 1.165) is 36.1 Å². The Morgan fingerprint density at radius 3 is 2.77 bits per heavy atom. The molecule has 0 N–H and O–H groups in total. The molecule has 5 rings (SSSR count). The molecule has 1 aliphatic rings. The number of methoxy groups -OCH3 is 1. The van der Waals surface area contributed by atoms with Crippen LogP contribution in [-0.4, -0.2) is 26.9 Å². The maximum absolute atomic E-state index is 13.8. The van der Waals surface area contributed by atoms with E-state index in [1.165, 1.54) is 16.6 Å². The fourth-order valence-corrected chi connectivity index (χ4v) is 5.93. The highest BCUT2D eigenvalue weighted by molar-refractivity contribution is 7.99. The summed E-state index contributed by atoms with van der Waals surface area (Å²) in [5, 5.41) is 18.7. The van der Waals surface area contributed by atoms with E-state index < -0.39 is 0 Å². The second kappa shape index (κ2) is 8.13. The Bertz CT molecular complexity index is 1390. The van der Waals surface area contributed by atoms with Crippen LogP contribution in [0.3, 0.4) is 0 Å². The van der Waals surface area contributed by atoms with Gasteiger partial charge in [0.1, 0.15) is 21.7 Å². The normalized spacial score (nSPS) is 13.0. The van der Waals surface area contributed by atoms with Crippen molar-refractivity contribution in [2.45, 2.75) is 35.9 Å². The highest BCUT2D eigenvalue weighted by Crippen LogP contribution is 2.37. The lowest BCUT2D eigenvalue weighted by molar-refractivity contribution is 0.411. The number of rotatable bonds is 4. The van der Waals surface area contributed by atoms with Gasteiger partial charge in [0.05, 0.1) is 18.2 Å². The largest absolute Gasteiger partial charge is 0.495 e. The molecule has 4 aromatic rings. The van der Waals surface area contributed by atoms with Gasteiger partial charge in [0.15, 0.2) is 10.9 Å². The number of hydrogen-bond acceptors (Lipinski definition) is 8. The first-order chi connectivity index (χ1) is 15.2. The van der Waals surface area contributed by atoms with Crippen LogP contribution >= 0.6 is 23.1 Å². The van der Waals surface area contributed by atoms with Gasteiger partial charge >= 0.3 is 0 Å². The molecular weight excluding hydrogens is 430 g/mol. The molecule has 3 heterocycles. The Labute approximate surface area is 186 Å². The first-order valence-corrected chi connectivity index (χ1v) is 11.4. The van der Waals surface area contributed by atoms with Crippen molar-refractivity contribution in [3.63, 3.8) is 0 Å². The molecule has 0 saturated heterocycles. The van der Waals surface area contributed by atoms with Crippen LogP contribution in [0, 0.1) is 11.3 Å². The molecule has 0 radical (unpaired) electrons. The highest BCUT2D eigenvalue weighted by Gasteiger charge is 2.24. The van der Waals surface area contributed by atoms with Gasteiger partial charge in [-0.15, -0.1) is 21.5 Å². The smallest absolute Gasteiger partial charge is 0.267 e. The third kappa shape index (κ3) is 3.48. The Hall–Kier alpha value is -3.22. The molecule has 0 spiro atoms. The molecule has 0 unspecified atom stereocenters. The van der Waals surface area contributed by atoms with Gasteiger partial charge in [0, 0.05) is 4.88 Å². The molecule has 0 amide bonds. The molecule has 0 saturated carbocycles. The predicted molar refractivity (Wildman–Crippen MR) is 119 cm³/mol. The average molecular weight is 448 g/mol. The molecule has 0 aliphatic heterocycles. The van der Waals surface area contributed by atoms with Gasteiger partial charge in [-0.25, -0.2) is 4.98 Å². The maximum Gasteiger partial charge on any atom is 0.267 e. The van der Waals surface area contributed by atoms with Crippen molar-refractivity contribution in [1.29, 1.82) is 5.26 Å². The van der Waals surface area contributed by atoms with Crippen LogP contribution in [0.5, 0.6) is 5.75 Å². The fraction of sp³-hybridized carbons (Fsp3) is 0.227. The minimum Gasteiger partial charge on any atom is -0.495 e. The zero-order chi connectivity index (χ0) is 21.4. The quantitative estimate of drug-likeness (QED) is 0.434. The zero-order valence-electron chi connectivity index (χ0n) is 16.7. The van der Waals surface area contributed by atoms with Gasteiger partial charge in [-0.1, -0.05) is 12.1 Å². The van der Waals surface area contributed by atoms with Gasteiger partial charge in [0.2, 0.25) is 0 Å². The number of aromatic nitrogens is 4. The molecule has 3 aromatic heterocycles. The van der Waals surface area contributed by atoms with Crippen molar-refractivity contribution >= 4 is 33.3 Å². The average Bonchev–Trinajstić information content (AvgIpc) is 3.18. The molecule has 1 aromatic carbocycles. The van der Waals surface area contributed by atoms with Crippen molar-refractivity contribution in [2.75, 3.05) is 7.11 Å². The number of nitrogens with zero attached hydrogens (tertiary/aromatic N) is 5. The minimum atomic E-state index is -0.0991. The van der Waals surface area contributed by atoms with Crippen molar-refractivity contribution in [3.8, 4) is 17.5 Å². The number of benzene rings is 1. The van der Waals surface area contributed by atoms with Gasteiger partial charge in [-0.3, -0.25) is 9.36 Å². The lowest BCUT2D eigenvalue weighted by Gasteiger charge is -2.15. The first-order valence-electron chi connectivity index (χ1n) is 9.82. The first kappa shape index (κ1) is 19.7. The van der Waals surface area contributed by atoms with E-state index >= 15 is 0 Å². The Morgan fingerprint density at radius 2 is 2.00 bits per heavy atom. The van der Waals surface area contributed by atoms with E-state index in [0.29, 0.717) is 27.0 Å². The molecule has 31 heavy (non-hydrogen) atoms. The summed E-state index contributed by atoms with van der Waals surface area (Å²) in [6, 6.07) is 12.7. The fourth-order valence-electron chi connectivity index (χ4n) is 3.81. The number of aryl methyl sites for hydroxylation is 2. The summed E-state index contributed by atoms with van der Waals surface area (Å²) < 4.78 is 7.14. The van der Waals surface area contributed by atoms with E-state index in [4.69, 9.17) is 15.0 Å². The van der Waals surface area contributed by atoms with Crippen molar-refractivity contribution < 1.29 is 4.74 Å². The third-order valence-corrected chi connectivity index (χ3v) is 7.30. The highest BCUT2D eigenvalue weighted by atomic mass is 32.2. The summed E-state index contributed by atoms with van der Waals surface area (Å²) in [4.78, 5) is 20.7. The van der Waals surface area contributed by atoms with Crippen LogP contribution in [0.15, 0.2) is 51.4 Å². The van der Waals surface area contributed by atoms with Crippen LogP contribution < -0.4 is 10.3 Å². The molecule has 1 aliphatic carbocycles. The maximum atomic E-state index is 13.8. The summed E-state index contributed by atoms with van der Waals surface area (Å²) in [6.45, 7) is 0. The standard InChI is InChI=1S/C22H17N5O2S2/c1-29-16-8-4-3-7-15(16)27-21(28)19-14-6-2-5-9-17(14)30-20(19)24-22(27)31-18-11-10-13(12-23)25-26-18/h3-4,7-8,10-11H,2,5-6,9H2,1H3. The number of thiophene rings is 1. The molecular formula is C22H17N5O2S2. The summed E-state index contributed by atoms with van der Waals surface area (Å²) >= 11 is 2.85. The summed E-state index contributed by atoms with van der Waals surface area (Å²) in [5.41, 5.74) is 1.91. The topological polar surface area (TPSA) is 93.7 Å².